The van der Waals surface area contributed by atoms with E-state index in [1.807, 2.05) is 0 Å². The van der Waals surface area contributed by atoms with Gasteiger partial charge in [0, 0.05) is 10.9 Å². The van der Waals surface area contributed by atoms with E-state index in [2.05, 4.69) is 10.2 Å². The van der Waals surface area contributed by atoms with Gasteiger partial charge in [0.05, 0.1) is 5.69 Å². The van der Waals surface area contributed by atoms with Crippen molar-refractivity contribution in [3.05, 3.63) is 47.2 Å². The lowest BCUT2D eigenvalue weighted by atomic mass is 10.1. The zero-order chi connectivity index (χ0) is 12.7. The molecule has 0 aliphatic rings. The Morgan fingerprint density at radius 3 is 2.72 bits per heavy atom. The Bertz CT molecular complexity index is 739. The molecule has 0 saturated heterocycles. The largest absolute Gasteiger partial charge is 0.506 e. The molecule has 90 valence electrons. The van der Waals surface area contributed by atoms with Gasteiger partial charge in [0.2, 0.25) is 0 Å². The number of nitrogens with zero attached hydrogens (tertiary/aromatic N) is 1. The molecule has 2 N–H and O–H groups in total. The molecule has 0 fully saturated rings. The molecule has 0 unspecified atom stereocenters. The van der Waals surface area contributed by atoms with Crippen LogP contribution in [0.3, 0.4) is 0 Å². The highest BCUT2D eigenvalue weighted by Gasteiger charge is 2.14. The van der Waals surface area contributed by atoms with E-state index in [4.69, 9.17) is 11.6 Å². The topological polar surface area (TPSA) is 48.9 Å². The maximum atomic E-state index is 13.7. The number of fused-ring (bicyclic) bond motifs is 1. The highest BCUT2D eigenvalue weighted by atomic mass is 35.5. The van der Waals surface area contributed by atoms with Gasteiger partial charge in [-0.15, -0.1) is 0 Å². The van der Waals surface area contributed by atoms with E-state index in [-0.39, 0.29) is 16.6 Å². The molecule has 0 amide bonds. The Kier molecular flexibility index (Phi) is 2.45. The minimum Gasteiger partial charge on any atom is -0.506 e. The summed E-state index contributed by atoms with van der Waals surface area (Å²) in [7, 11) is 0. The molecule has 0 spiro atoms. The van der Waals surface area contributed by atoms with Crippen molar-refractivity contribution >= 4 is 22.5 Å². The summed E-state index contributed by atoms with van der Waals surface area (Å²) in [6.07, 6.45) is 0. The highest BCUT2D eigenvalue weighted by Crippen LogP contribution is 2.35. The normalized spacial score (nSPS) is 11.0. The summed E-state index contributed by atoms with van der Waals surface area (Å²) in [5.74, 6) is -0.386. The van der Waals surface area contributed by atoms with Crippen LogP contribution >= 0.6 is 11.6 Å². The van der Waals surface area contributed by atoms with Crippen molar-refractivity contribution in [3.63, 3.8) is 0 Å². The number of aromatic nitrogens is 2. The first-order valence-electron chi connectivity index (χ1n) is 5.29. The van der Waals surface area contributed by atoms with Crippen molar-refractivity contribution in [1.82, 2.24) is 10.2 Å². The number of halogens is 2. The molecule has 2 aromatic carbocycles. The molecular weight excluding hydrogens is 255 g/mol. The highest BCUT2D eigenvalue weighted by molar-refractivity contribution is 6.36. The predicted octanol–water partition coefficient (Wildman–Crippen LogP) is 3.73. The fourth-order valence-electron chi connectivity index (χ4n) is 1.91. The number of nitrogens with one attached hydrogen (secondary N) is 1. The Morgan fingerprint density at radius 1 is 1.17 bits per heavy atom. The van der Waals surface area contributed by atoms with E-state index in [0.717, 1.165) is 0 Å². The van der Waals surface area contributed by atoms with Crippen LogP contribution in [0.15, 0.2) is 36.4 Å². The van der Waals surface area contributed by atoms with Crippen LogP contribution < -0.4 is 0 Å². The van der Waals surface area contributed by atoms with Crippen LogP contribution in [0.1, 0.15) is 0 Å². The van der Waals surface area contributed by atoms with E-state index >= 15 is 0 Å². The van der Waals surface area contributed by atoms with Crippen LogP contribution in [0.2, 0.25) is 5.02 Å². The molecule has 1 aromatic heterocycles. The molecule has 0 aliphatic carbocycles. The van der Waals surface area contributed by atoms with Gasteiger partial charge in [0.1, 0.15) is 22.1 Å². The van der Waals surface area contributed by atoms with Gasteiger partial charge in [-0.25, -0.2) is 4.39 Å². The molecule has 3 aromatic rings. The minimum absolute atomic E-state index is 0.0456. The number of hydrogen-bond donors (Lipinski definition) is 2. The van der Waals surface area contributed by atoms with Crippen LogP contribution in [0, 0.1) is 5.82 Å². The van der Waals surface area contributed by atoms with Crippen LogP contribution in [-0.4, -0.2) is 15.3 Å². The summed E-state index contributed by atoms with van der Waals surface area (Å²) in [6.45, 7) is 0. The average molecular weight is 263 g/mol. The Balaban J connectivity index is 2.32. The predicted molar refractivity (Wildman–Crippen MR) is 68.2 cm³/mol. The molecule has 3 nitrogen and oxygen atoms in total. The van der Waals surface area contributed by atoms with Gasteiger partial charge < -0.3 is 5.11 Å². The summed E-state index contributed by atoms with van der Waals surface area (Å²) >= 11 is 5.94. The quantitative estimate of drug-likeness (QED) is 0.702. The SMILES string of the molecule is Oc1ccc2c(-c3ccccc3F)[nH]nc2c1Cl. The van der Waals surface area contributed by atoms with Gasteiger partial charge in [-0.1, -0.05) is 23.7 Å². The van der Waals surface area contributed by atoms with Crippen molar-refractivity contribution < 1.29 is 9.50 Å². The summed E-state index contributed by atoms with van der Waals surface area (Å²) in [6, 6.07) is 9.52. The summed E-state index contributed by atoms with van der Waals surface area (Å²) in [5.41, 5.74) is 1.39. The molecule has 0 atom stereocenters. The zero-order valence-electron chi connectivity index (χ0n) is 9.11. The molecular formula is C13H8ClFN2O. The number of phenolic OH excluding ortho intramolecular Hbond substituents is 1. The summed E-state index contributed by atoms with van der Waals surface area (Å²) in [5, 5.41) is 17.1. The van der Waals surface area contributed by atoms with Crippen LogP contribution in [0.5, 0.6) is 5.75 Å². The Labute approximate surface area is 107 Å². The van der Waals surface area contributed by atoms with Crippen LogP contribution in [0.25, 0.3) is 22.2 Å². The Hall–Kier alpha value is -2.07. The minimum atomic E-state index is -0.341. The van der Waals surface area contributed by atoms with Gasteiger partial charge in [0.25, 0.3) is 0 Å². The number of aromatic amines is 1. The molecule has 1 heterocycles. The third kappa shape index (κ3) is 1.54. The smallest absolute Gasteiger partial charge is 0.136 e. The van der Waals surface area contributed by atoms with Crippen LogP contribution in [0.4, 0.5) is 4.39 Å². The lowest BCUT2D eigenvalue weighted by Crippen LogP contribution is -1.84. The van der Waals surface area contributed by atoms with Crippen molar-refractivity contribution in [2.75, 3.05) is 0 Å². The van der Waals surface area contributed by atoms with Crippen molar-refractivity contribution in [1.29, 1.82) is 0 Å². The molecule has 5 heteroatoms. The average Bonchev–Trinajstić information content (AvgIpc) is 2.79. The fourth-order valence-corrected chi connectivity index (χ4v) is 2.11. The second-order valence-electron chi connectivity index (χ2n) is 3.87. The van der Waals surface area contributed by atoms with Gasteiger partial charge in [-0.05, 0) is 24.3 Å². The van der Waals surface area contributed by atoms with E-state index in [9.17, 15) is 9.50 Å². The standard InChI is InChI=1S/C13H8ClFN2O/c14-11-10(18)6-5-8-12(16-17-13(8)11)7-3-1-2-4-9(7)15/h1-6,18H,(H,16,17). The van der Waals surface area contributed by atoms with Crippen molar-refractivity contribution in [3.8, 4) is 17.0 Å². The number of phenols is 1. The first kappa shape index (κ1) is 11.0. The lowest BCUT2D eigenvalue weighted by molar-refractivity contribution is 0.476. The Morgan fingerprint density at radius 2 is 1.94 bits per heavy atom. The van der Waals surface area contributed by atoms with Gasteiger partial charge in [-0.3, -0.25) is 5.10 Å². The lowest BCUT2D eigenvalue weighted by Gasteiger charge is -2.01. The van der Waals surface area contributed by atoms with Crippen molar-refractivity contribution in [2.45, 2.75) is 0 Å². The molecule has 18 heavy (non-hydrogen) atoms. The molecule has 0 saturated carbocycles. The number of benzene rings is 2. The number of aromatic hydroxyl groups is 1. The molecule has 0 radical (unpaired) electrons. The molecule has 3 rings (SSSR count). The fraction of sp³-hybridized carbons (Fsp3) is 0. The second kappa shape index (κ2) is 3.99. The third-order valence-corrected chi connectivity index (χ3v) is 3.16. The van der Waals surface area contributed by atoms with E-state index in [1.165, 1.54) is 12.1 Å². The van der Waals surface area contributed by atoms with E-state index in [1.54, 1.807) is 24.3 Å². The second-order valence-corrected chi connectivity index (χ2v) is 4.25. The molecule has 0 bridgehead atoms. The van der Waals surface area contributed by atoms with E-state index in [0.29, 0.717) is 22.2 Å². The van der Waals surface area contributed by atoms with Gasteiger partial charge in [0.15, 0.2) is 0 Å². The third-order valence-electron chi connectivity index (χ3n) is 2.79. The maximum Gasteiger partial charge on any atom is 0.136 e. The number of H-pyrrole nitrogens is 1. The monoisotopic (exact) mass is 262 g/mol. The molecule has 0 aliphatic heterocycles. The van der Waals surface area contributed by atoms with E-state index < -0.39 is 0 Å². The van der Waals surface area contributed by atoms with Crippen LogP contribution in [-0.2, 0) is 0 Å². The first-order chi connectivity index (χ1) is 8.68. The first-order valence-corrected chi connectivity index (χ1v) is 5.66. The van der Waals surface area contributed by atoms with Gasteiger partial charge in [-0.2, -0.15) is 5.10 Å². The maximum absolute atomic E-state index is 13.7. The number of rotatable bonds is 1. The summed E-state index contributed by atoms with van der Waals surface area (Å²) < 4.78 is 13.7. The zero-order valence-corrected chi connectivity index (χ0v) is 9.87. The van der Waals surface area contributed by atoms with Gasteiger partial charge >= 0.3 is 0 Å². The van der Waals surface area contributed by atoms with Crippen molar-refractivity contribution in [2.24, 2.45) is 0 Å². The number of hydrogen-bond acceptors (Lipinski definition) is 2. The summed E-state index contributed by atoms with van der Waals surface area (Å²) in [4.78, 5) is 0.